The summed E-state index contributed by atoms with van der Waals surface area (Å²) in [5, 5.41) is 0. The van der Waals surface area contributed by atoms with Crippen LogP contribution in [0.4, 0.5) is 0 Å². The Morgan fingerprint density at radius 3 is 2.45 bits per heavy atom. The first-order valence-corrected chi connectivity index (χ1v) is 9.47. The molecule has 0 aromatic rings. The molecule has 3 unspecified atom stereocenters. The van der Waals surface area contributed by atoms with Gasteiger partial charge < -0.3 is 4.74 Å². The van der Waals surface area contributed by atoms with E-state index in [9.17, 15) is 8.42 Å². The van der Waals surface area contributed by atoms with Gasteiger partial charge in [-0.1, -0.05) is 25.0 Å². The maximum Gasteiger partial charge on any atom is 0.178 e. The van der Waals surface area contributed by atoms with Crippen molar-refractivity contribution in [3.63, 3.8) is 0 Å². The molecule has 0 aromatic carbocycles. The fourth-order valence-electron chi connectivity index (χ4n) is 4.70. The highest BCUT2D eigenvalue weighted by Gasteiger charge is 2.67. The zero-order chi connectivity index (χ0) is 14.6. The molecular formula is C16H26O3S. The van der Waals surface area contributed by atoms with E-state index in [-0.39, 0.29) is 10.8 Å². The molecule has 1 saturated carbocycles. The van der Waals surface area contributed by atoms with Crippen LogP contribution in [0, 0.1) is 10.8 Å². The number of ether oxygens (including phenoxy) is 1. The van der Waals surface area contributed by atoms with Gasteiger partial charge in [0, 0.05) is 5.41 Å². The van der Waals surface area contributed by atoms with E-state index >= 15 is 0 Å². The molecule has 1 saturated heterocycles. The molecule has 0 spiro atoms. The lowest BCUT2D eigenvalue weighted by atomic mass is 9.52. The van der Waals surface area contributed by atoms with Crippen molar-refractivity contribution in [1.29, 1.82) is 0 Å². The third-order valence-corrected chi connectivity index (χ3v) is 7.61. The highest BCUT2D eigenvalue weighted by molar-refractivity contribution is 7.92. The molecule has 3 aliphatic rings. The van der Waals surface area contributed by atoms with E-state index in [1.807, 2.05) is 20.8 Å². The SMILES string of the molecule is CC(C)(C)OC1C23CC=CCC2(CCCC3)CS1(=O)=O. The van der Waals surface area contributed by atoms with Crippen LogP contribution in [0.2, 0.25) is 0 Å². The molecule has 0 radical (unpaired) electrons. The molecule has 20 heavy (non-hydrogen) atoms. The minimum Gasteiger partial charge on any atom is -0.356 e. The lowest BCUT2D eigenvalue weighted by Gasteiger charge is -2.52. The van der Waals surface area contributed by atoms with Gasteiger partial charge in [-0.15, -0.1) is 0 Å². The van der Waals surface area contributed by atoms with E-state index in [2.05, 4.69) is 12.2 Å². The maximum atomic E-state index is 12.8. The molecule has 2 aliphatic carbocycles. The average Bonchev–Trinajstić information content (AvgIpc) is 2.53. The van der Waals surface area contributed by atoms with Gasteiger partial charge in [0.2, 0.25) is 0 Å². The van der Waals surface area contributed by atoms with Crippen molar-refractivity contribution in [2.24, 2.45) is 10.8 Å². The second kappa shape index (κ2) is 4.33. The first-order chi connectivity index (χ1) is 9.21. The minimum atomic E-state index is -3.17. The van der Waals surface area contributed by atoms with Crippen molar-refractivity contribution in [3.05, 3.63) is 12.2 Å². The van der Waals surface area contributed by atoms with Crippen molar-refractivity contribution >= 4 is 9.84 Å². The molecule has 3 rings (SSSR count). The maximum absolute atomic E-state index is 12.8. The summed E-state index contributed by atoms with van der Waals surface area (Å²) in [4.78, 5) is 0. The van der Waals surface area contributed by atoms with E-state index in [1.54, 1.807) is 0 Å². The van der Waals surface area contributed by atoms with Crippen LogP contribution in [0.25, 0.3) is 0 Å². The van der Waals surface area contributed by atoms with E-state index < -0.39 is 20.9 Å². The number of sulfone groups is 1. The van der Waals surface area contributed by atoms with Crippen LogP contribution < -0.4 is 0 Å². The molecule has 0 N–H and O–H groups in total. The first kappa shape index (κ1) is 14.6. The Labute approximate surface area is 122 Å². The Bertz CT molecular complexity index is 528. The second-order valence-corrected chi connectivity index (χ2v) is 9.94. The largest absolute Gasteiger partial charge is 0.356 e. The Hall–Kier alpha value is -0.350. The monoisotopic (exact) mass is 298 g/mol. The smallest absolute Gasteiger partial charge is 0.178 e. The number of rotatable bonds is 1. The second-order valence-electron chi connectivity index (χ2n) is 7.89. The predicted octanol–water partition coefficient (Wildman–Crippen LogP) is 3.45. The van der Waals surface area contributed by atoms with Crippen LogP contribution in [-0.2, 0) is 14.6 Å². The number of hydrogen-bond donors (Lipinski definition) is 0. The van der Waals surface area contributed by atoms with E-state index in [4.69, 9.17) is 4.74 Å². The summed E-state index contributed by atoms with van der Waals surface area (Å²) in [6.07, 6.45) is 10.5. The predicted molar refractivity (Wildman–Crippen MR) is 80.1 cm³/mol. The molecule has 3 atom stereocenters. The van der Waals surface area contributed by atoms with Crippen LogP contribution in [0.3, 0.4) is 0 Å². The van der Waals surface area contributed by atoms with E-state index in [0.717, 1.165) is 38.5 Å². The summed E-state index contributed by atoms with van der Waals surface area (Å²) in [5.74, 6) is 0.324. The highest BCUT2D eigenvalue weighted by Crippen LogP contribution is 2.65. The lowest BCUT2D eigenvalue weighted by Crippen LogP contribution is -2.50. The Morgan fingerprint density at radius 1 is 1.10 bits per heavy atom. The van der Waals surface area contributed by atoms with Gasteiger partial charge in [0.05, 0.1) is 11.4 Å². The topological polar surface area (TPSA) is 43.4 Å². The van der Waals surface area contributed by atoms with Crippen molar-refractivity contribution in [3.8, 4) is 0 Å². The third-order valence-electron chi connectivity index (χ3n) is 5.46. The summed E-state index contributed by atoms with van der Waals surface area (Å²) in [5.41, 5.74) is -1.26. The summed E-state index contributed by atoms with van der Waals surface area (Å²) in [6, 6.07) is 0. The first-order valence-electron chi connectivity index (χ1n) is 7.75. The molecular weight excluding hydrogens is 272 g/mol. The van der Waals surface area contributed by atoms with Gasteiger partial charge in [-0.2, -0.15) is 0 Å². The summed E-state index contributed by atoms with van der Waals surface area (Å²) in [6.45, 7) is 5.88. The zero-order valence-electron chi connectivity index (χ0n) is 12.8. The molecule has 4 heteroatoms. The summed E-state index contributed by atoms with van der Waals surface area (Å²) in [7, 11) is -3.17. The summed E-state index contributed by atoms with van der Waals surface area (Å²) < 4.78 is 31.7. The molecule has 1 heterocycles. The zero-order valence-corrected chi connectivity index (χ0v) is 13.6. The van der Waals surface area contributed by atoms with E-state index in [0.29, 0.717) is 5.75 Å². The Morgan fingerprint density at radius 2 is 1.75 bits per heavy atom. The van der Waals surface area contributed by atoms with Crippen LogP contribution in [0.1, 0.15) is 59.3 Å². The van der Waals surface area contributed by atoms with Gasteiger partial charge in [-0.3, -0.25) is 0 Å². The van der Waals surface area contributed by atoms with Gasteiger partial charge in [0.25, 0.3) is 0 Å². The van der Waals surface area contributed by atoms with Crippen LogP contribution >= 0.6 is 0 Å². The van der Waals surface area contributed by atoms with Crippen molar-refractivity contribution < 1.29 is 13.2 Å². The fraction of sp³-hybridized carbons (Fsp3) is 0.875. The van der Waals surface area contributed by atoms with Crippen LogP contribution in [0.5, 0.6) is 0 Å². The van der Waals surface area contributed by atoms with Crippen molar-refractivity contribution in [2.45, 2.75) is 70.3 Å². The molecule has 0 aromatic heterocycles. The minimum absolute atomic E-state index is 0.0608. The molecule has 114 valence electrons. The molecule has 0 bridgehead atoms. The standard InChI is InChI=1S/C16H26O3S/c1-14(2,3)19-13-16-10-6-4-8-15(16,9-5-7-11-16)12-20(13,17)18/h4,6,13H,5,7-12H2,1-3H3. The van der Waals surface area contributed by atoms with Crippen LogP contribution in [0.15, 0.2) is 12.2 Å². The highest BCUT2D eigenvalue weighted by atomic mass is 32.2. The molecule has 0 amide bonds. The third kappa shape index (κ3) is 1.98. The van der Waals surface area contributed by atoms with Crippen molar-refractivity contribution in [2.75, 3.05) is 5.75 Å². The quantitative estimate of drug-likeness (QED) is 0.696. The van der Waals surface area contributed by atoms with E-state index in [1.165, 1.54) is 0 Å². The van der Waals surface area contributed by atoms with Gasteiger partial charge in [0.15, 0.2) is 15.3 Å². The number of hydrogen-bond acceptors (Lipinski definition) is 3. The average molecular weight is 298 g/mol. The Balaban J connectivity index is 2.10. The van der Waals surface area contributed by atoms with Gasteiger partial charge in [-0.05, 0) is 51.9 Å². The number of allylic oxidation sites excluding steroid dienone is 2. The lowest BCUT2D eigenvalue weighted by molar-refractivity contribution is -0.124. The normalized spacial score (nSPS) is 43.0. The molecule has 2 fully saturated rings. The Kier molecular flexibility index (Phi) is 3.15. The fourth-order valence-corrected chi connectivity index (χ4v) is 7.75. The van der Waals surface area contributed by atoms with Crippen LogP contribution in [-0.4, -0.2) is 25.2 Å². The summed E-state index contributed by atoms with van der Waals surface area (Å²) >= 11 is 0. The molecule has 3 nitrogen and oxygen atoms in total. The van der Waals surface area contributed by atoms with Gasteiger partial charge >= 0.3 is 0 Å². The molecule has 1 aliphatic heterocycles. The van der Waals surface area contributed by atoms with Gasteiger partial charge in [-0.25, -0.2) is 8.42 Å². The van der Waals surface area contributed by atoms with Gasteiger partial charge in [0.1, 0.15) is 0 Å². The van der Waals surface area contributed by atoms with Crippen molar-refractivity contribution in [1.82, 2.24) is 0 Å².